The second kappa shape index (κ2) is 7.54. The maximum absolute atomic E-state index is 12.7. The van der Waals surface area contributed by atoms with E-state index in [1.54, 1.807) is 17.3 Å². The van der Waals surface area contributed by atoms with Crippen molar-refractivity contribution < 1.29 is 14.6 Å². The van der Waals surface area contributed by atoms with Crippen LogP contribution in [-0.4, -0.2) is 45.8 Å². The number of amides is 1. The lowest BCUT2D eigenvalue weighted by atomic mass is 9.86. The zero-order chi connectivity index (χ0) is 20.6. The molecule has 30 heavy (non-hydrogen) atoms. The van der Waals surface area contributed by atoms with E-state index in [-0.39, 0.29) is 12.0 Å². The number of benzene rings is 2. The number of ether oxygens (including phenoxy) is 1. The largest absolute Gasteiger partial charge is 0.448 e. The van der Waals surface area contributed by atoms with Crippen LogP contribution < -0.4 is 0 Å². The Balaban J connectivity index is 1.25. The average molecular weight is 401 g/mol. The van der Waals surface area contributed by atoms with E-state index in [0.717, 1.165) is 0 Å². The number of rotatable bonds is 3. The third-order valence-electron chi connectivity index (χ3n) is 6.28. The lowest BCUT2D eigenvalue weighted by Gasteiger charge is -2.37. The number of aliphatic hydroxyl groups is 1. The van der Waals surface area contributed by atoms with Crippen molar-refractivity contribution in [1.82, 2.24) is 14.9 Å². The predicted molar refractivity (Wildman–Crippen MR) is 112 cm³/mol. The van der Waals surface area contributed by atoms with E-state index in [4.69, 9.17) is 4.74 Å². The summed E-state index contributed by atoms with van der Waals surface area (Å²) in [5.41, 5.74) is 4.51. The Morgan fingerprint density at radius 3 is 2.17 bits per heavy atom. The van der Waals surface area contributed by atoms with Gasteiger partial charge in [0.15, 0.2) is 0 Å². The van der Waals surface area contributed by atoms with Crippen LogP contribution in [0.4, 0.5) is 4.79 Å². The molecule has 1 fully saturated rings. The van der Waals surface area contributed by atoms with Crippen LogP contribution in [0, 0.1) is 0 Å². The molecule has 0 unspecified atom stereocenters. The Morgan fingerprint density at radius 1 is 1.00 bits per heavy atom. The number of carbonyl (C=O) groups excluding carboxylic acids is 1. The average Bonchev–Trinajstić information content (AvgIpc) is 3.12. The summed E-state index contributed by atoms with van der Waals surface area (Å²) in [5, 5.41) is 10.9. The summed E-state index contributed by atoms with van der Waals surface area (Å²) < 4.78 is 5.73. The van der Waals surface area contributed by atoms with E-state index < -0.39 is 5.60 Å². The van der Waals surface area contributed by atoms with Gasteiger partial charge in [-0.2, -0.15) is 0 Å². The maximum atomic E-state index is 12.7. The number of hydrogen-bond acceptors (Lipinski definition) is 5. The number of nitrogens with zero attached hydrogens (tertiary/aromatic N) is 3. The highest BCUT2D eigenvalue weighted by Gasteiger charge is 2.37. The van der Waals surface area contributed by atoms with Crippen LogP contribution in [0.2, 0.25) is 0 Å². The minimum Gasteiger partial charge on any atom is -0.448 e. The molecule has 1 aliphatic heterocycles. The molecule has 3 aromatic rings. The van der Waals surface area contributed by atoms with Gasteiger partial charge >= 0.3 is 6.09 Å². The number of fused-ring (bicyclic) bond motifs is 3. The number of aromatic nitrogens is 2. The van der Waals surface area contributed by atoms with Crippen molar-refractivity contribution in [1.29, 1.82) is 0 Å². The van der Waals surface area contributed by atoms with E-state index >= 15 is 0 Å². The van der Waals surface area contributed by atoms with Crippen molar-refractivity contribution in [2.24, 2.45) is 0 Å². The summed E-state index contributed by atoms with van der Waals surface area (Å²) in [6.45, 7) is 1.17. The number of piperidine rings is 1. The van der Waals surface area contributed by atoms with E-state index in [9.17, 15) is 9.90 Å². The zero-order valence-electron chi connectivity index (χ0n) is 16.6. The molecular formula is C24H23N3O3. The highest BCUT2D eigenvalue weighted by atomic mass is 16.6. The van der Waals surface area contributed by atoms with Gasteiger partial charge in [0.25, 0.3) is 0 Å². The molecule has 2 heterocycles. The second-order valence-corrected chi connectivity index (χ2v) is 7.95. The first kappa shape index (κ1) is 18.8. The first-order valence-corrected chi connectivity index (χ1v) is 10.2. The highest BCUT2D eigenvalue weighted by molar-refractivity contribution is 5.79. The summed E-state index contributed by atoms with van der Waals surface area (Å²) >= 11 is 0. The molecule has 1 amide bonds. The molecule has 0 atom stereocenters. The first-order chi connectivity index (χ1) is 14.7. The van der Waals surface area contributed by atoms with Gasteiger partial charge in [0, 0.05) is 37.0 Å². The standard InChI is InChI=1S/C24H23N3O3/c28-23(27-11-9-24(29,10-12-27)17-13-25-16-26-14-17)30-15-22-20-7-3-1-5-18(20)19-6-2-4-8-21(19)22/h1-8,13-14,16,22,29H,9-12,15H2. The molecule has 2 aliphatic rings. The molecule has 1 N–H and O–H groups in total. The van der Waals surface area contributed by atoms with Gasteiger partial charge in [0.2, 0.25) is 0 Å². The van der Waals surface area contributed by atoms with E-state index in [2.05, 4.69) is 34.2 Å². The SMILES string of the molecule is O=C(OCC1c2ccccc2-c2ccccc21)N1CCC(O)(c2cncnc2)CC1. The Bertz CT molecular complexity index is 1020. The minimum absolute atomic E-state index is 0.0459. The van der Waals surface area contributed by atoms with Crippen molar-refractivity contribution in [3.63, 3.8) is 0 Å². The number of hydrogen-bond donors (Lipinski definition) is 1. The van der Waals surface area contributed by atoms with Crippen molar-refractivity contribution in [3.8, 4) is 11.1 Å². The van der Waals surface area contributed by atoms with Crippen molar-refractivity contribution >= 4 is 6.09 Å². The summed E-state index contributed by atoms with van der Waals surface area (Å²) in [6, 6.07) is 16.6. The molecule has 0 bridgehead atoms. The molecule has 1 aromatic heterocycles. The van der Waals surface area contributed by atoms with Gasteiger partial charge in [-0.05, 0) is 35.1 Å². The second-order valence-electron chi connectivity index (χ2n) is 7.95. The van der Waals surface area contributed by atoms with Crippen LogP contribution >= 0.6 is 0 Å². The topological polar surface area (TPSA) is 75.5 Å². The minimum atomic E-state index is -0.999. The maximum Gasteiger partial charge on any atom is 0.409 e. The van der Waals surface area contributed by atoms with Gasteiger partial charge in [-0.15, -0.1) is 0 Å². The first-order valence-electron chi connectivity index (χ1n) is 10.2. The summed E-state index contributed by atoms with van der Waals surface area (Å²) in [4.78, 5) is 22.4. The number of likely N-dealkylation sites (tertiary alicyclic amines) is 1. The molecule has 2 aromatic carbocycles. The molecule has 5 rings (SSSR count). The Morgan fingerprint density at radius 2 is 1.57 bits per heavy atom. The predicted octanol–water partition coefficient (Wildman–Crippen LogP) is 3.71. The quantitative estimate of drug-likeness (QED) is 0.724. The molecule has 6 nitrogen and oxygen atoms in total. The van der Waals surface area contributed by atoms with Gasteiger partial charge in [-0.1, -0.05) is 48.5 Å². The fraction of sp³-hybridized carbons (Fsp3) is 0.292. The van der Waals surface area contributed by atoms with Crippen LogP contribution in [0.3, 0.4) is 0 Å². The molecule has 0 spiro atoms. The molecule has 1 aliphatic carbocycles. The molecule has 0 radical (unpaired) electrons. The van der Waals surface area contributed by atoms with Crippen LogP contribution in [0.25, 0.3) is 11.1 Å². The third kappa shape index (κ3) is 3.23. The zero-order valence-corrected chi connectivity index (χ0v) is 16.6. The normalized spacial score (nSPS) is 17.3. The molecular weight excluding hydrogens is 378 g/mol. The Labute approximate surface area is 175 Å². The van der Waals surface area contributed by atoms with Gasteiger partial charge in [0.1, 0.15) is 12.9 Å². The van der Waals surface area contributed by atoms with Gasteiger partial charge in [0.05, 0.1) is 5.60 Å². The number of carbonyl (C=O) groups is 1. The van der Waals surface area contributed by atoms with Crippen LogP contribution in [-0.2, 0) is 10.3 Å². The third-order valence-corrected chi connectivity index (χ3v) is 6.28. The van der Waals surface area contributed by atoms with Gasteiger partial charge in [-0.25, -0.2) is 14.8 Å². The van der Waals surface area contributed by atoms with Gasteiger partial charge < -0.3 is 14.7 Å². The van der Waals surface area contributed by atoms with Crippen molar-refractivity contribution in [3.05, 3.63) is 83.9 Å². The van der Waals surface area contributed by atoms with Crippen molar-refractivity contribution in [2.45, 2.75) is 24.4 Å². The fourth-order valence-electron chi connectivity index (χ4n) is 4.57. The van der Waals surface area contributed by atoms with Crippen molar-refractivity contribution in [2.75, 3.05) is 19.7 Å². The highest BCUT2D eigenvalue weighted by Crippen LogP contribution is 2.44. The van der Waals surface area contributed by atoms with E-state index in [0.29, 0.717) is 38.1 Å². The molecule has 0 saturated carbocycles. The summed E-state index contributed by atoms with van der Waals surface area (Å²) in [7, 11) is 0. The van der Waals surface area contributed by atoms with Gasteiger partial charge in [-0.3, -0.25) is 0 Å². The molecule has 6 heteroatoms. The molecule has 152 valence electrons. The lowest BCUT2D eigenvalue weighted by molar-refractivity contribution is -0.0254. The fourth-order valence-corrected chi connectivity index (χ4v) is 4.57. The smallest absolute Gasteiger partial charge is 0.409 e. The lowest BCUT2D eigenvalue weighted by Crippen LogP contribution is -2.45. The summed E-state index contributed by atoms with van der Waals surface area (Å²) in [5.74, 6) is 0.0459. The van der Waals surface area contributed by atoms with E-state index in [1.807, 2.05) is 24.3 Å². The van der Waals surface area contributed by atoms with Crippen LogP contribution in [0.5, 0.6) is 0 Å². The molecule has 1 saturated heterocycles. The Kier molecular flexibility index (Phi) is 4.71. The van der Waals surface area contributed by atoms with E-state index in [1.165, 1.54) is 28.6 Å². The Hall–Kier alpha value is -3.25. The van der Waals surface area contributed by atoms with Crippen LogP contribution in [0.15, 0.2) is 67.3 Å². The summed E-state index contributed by atoms with van der Waals surface area (Å²) in [6.07, 6.45) is 5.25. The monoisotopic (exact) mass is 401 g/mol. The van der Waals surface area contributed by atoms with Crippen LogP contribution in [0.1, 0.15) is 35.4 Å².